The lowest BCUT2D eigenvalue weighted by Crippen LogP contribution is -2.46. The van der Waals surface area contributed by atoms with Crippen LogP contribution in [-0.2, 0) is 19.7 Å². The van der Waals surface area contributed by atoms with Gasteiger partial charge in [0.15, 0.2) is 5.78 Å². The molecule has 1 aliphatic carbocycles. The van der Waals surface area contributed by atoms with Gasteiger partial charge in [-0.15, -0.1) is 0 Å². The lowest BCUT2D eigenvalue weighted by molar-refractivity contribution is -0.145. The molecule has 0 bridgehead atoms. The van der Waals surface area contributed by atoms with Gasteiger partial charge in [-0.25, -0.2) is 0 Å². The molecule has 1 aromatic carbocycles. The summed E-state index contributed by atoms with van der Waals surface area (Å²) in [6.07, 6.45) is 5.73. The Kier molecular flexibility index (Phi) is 4.36. The van der Waals surface area contributed by atoms with E-state index in [4.69, 9.17) is 27.9 Å². The summed E-state index contributed by atoms with van der Waals surface area (Å²) in [7, 11) is 1.34. The van der Waals surface area contributed by atoms with Crippen molar-refractivity contribution in [1.82, 2.24) is 4.90 Å². The fraction of sp³-hybridized carbons (Fsp3) is 0.400. The SMILES string of the molecule is COC(=O)C1(c2cccc(Cl)c2Cl)C=C2CCCN2C2=C1C(=O)CCC2. The third-order valence-corrected chi connectivity index (χ3v) is 6.35. The average Bonchev–Trinajstić information content (AvgIpc) is 3.11. The molecule has 3 aliphatic rings. The topological polar surface area (TPSA) is 46.6 Å². The van der Waals surface area contributed by atoms with E-state index in [1.165, 1.54) is 7.11 Å². The molecule has 2 heterocycles. The first-order valence-corrected chi connectivity index (χ1v) is 9.55. The monoisotopic (exact) mass is 391 g/mol. The van der Waals surface area contributed by atoms with Gasteiger partial charge < -0.3 is 9.64 Å². The van der Waals surface area contributed by atoms with E-state index in [1.54, 1.807) is 18.2 Å². The number of esters is 1. The van der Waals surface area contributed by atoms with Crippen LogP contribution in [0.4, 0.5) is 0 Å². The number of ether oxygens (including phenoxy) is 1. The molecule has 1 saturated heterocycles. The number of hydrogen-bond donors (Lipinski definition) is 0. The molecule has 0 amide bonds. The molecule has 0 N–H and O–H groups in total. The largest absolute Gasteiger partial charge is 0.468 e. The second-order valence-corrected chi connectivity index (χ2v) is 7.68. The first-order valence-electron chi connectivity index (χ1n) is 8.79. The van der Waals surface area contributed by atoms with E-state index in [1.807, 2.05) is 6.08 Å². The van der Waals surface area contributed by atoms with Crippen LogP contribution in [0.5, 0.6) is 0 Å². The summed E-state index contributed by atoms with van der Waals surface area (Å²) in [4.78, 5) is 28.4. The highest BCUT2D eigenvalue weighted by molar-refractivity contribution is 6.42. The molecule has 136 valence electrons. The number of hydrogen-bond acceptors (Lipinski definition) is 4. The maximum Gasteiger partial charge on any atom is 0.325 e. The third-order valence-electron chi connectivity index (χ3n) is 5.53. The summed E-state index contributed by atoms with van der Waals surface area (Å²) in [5, 5.41) is 0.637. The third kappa shape index (κ3) is 2.35. The van der Waals surface area contributed by atoms with E-state index in [9.17, 15) is 9.59 Å². The van der Waals surface area contributed by atoms with E-state index in [-0.39, 0.29) is 10.8 Å². The maximum absolute atomic E-state index is 13.2. The van der Waals surface area contributed by atoms with Gasteiger partial charge >= 0.3 is 5.97 Å². The molecule has 1 unspecified atom stereocenters. The zero-order chi connectivity index (χ0) is 18.5. The summed E-state index contributed by atoms with van der Waals surface area (Å²) in [5.41, 5.74) is 1.68. The first-order chi connectivity index (χ1) is 12.5. The van der Waals surface area contributed by atoms with Crippen molar-refractivity contribution in [2.75, 3.05) is 13.7 Å². The van der Waals surface area contributed by atoms with Crippen molar-refractivity contribution < 1.29 is 14.3 Å². The fourth-order valence-electron chi connectivity index (χ4n) is 4.47. The van der Waals surface area contributed by atoms with Crippen molar-refractivity contribution in [3.63, 3.8) is 0 Å². The number of nitrogens with zero attached hydrogens (tertiary/aromatic N) is 1. The zero-order valence-electron chi connectivity index (χ0n) is 14.5. The molecule has 6 heteroatoms. The normalized spacial score (nSPS) is 25.0. The quantitative estimate of drug-likeness (QED) is 0.700. The number of carbonyl (C=O) groups excluding carboxylic acids is 2. The van der Waals surface area contributed by atoms with E-state index >= 15 is 0 Å². The second kappa shape index (κ2) is 6.43. The molecule has 2 aliphatic heterocycles. The standard InChI is InChI=1S/C20H19Cl2NO3/c1-26-19(25)20(13-6-2-7-14(21)18(13)22)11-12-5-4-10-23(12)15-8-3-9-16(24)17(15)20/h2,6-7,11H,3-5,8-10H2,1H3. The average molecular weight is 392 g/mol. The van der Waals surface area contributed by atoms with Crippen molar-refractivity contribution in [3.05, 3.63) is 56.9 Å². The molecular weight excluding hydrogens is 373 g/mol. The zero-order valence-corrected chi connectivity index (χ0v) is 16.0. The van der Waals surface area contributed by atoms with Crippen LogP contribution < -0.4 is 0 Å². The van der Waals surface area contributed by atoms with E-state index < -0.39 is 11.4 Å². The number of allylic oxidation sites excluding steroid dienone is 2. The van der Waals surface area contributed by atoms with E-state index in [0.29, 0.717) is 22.6 Å². The van der Waals surface area contributed by atoms with Crippen LogP contribution in [0.3, 0.4) is 0 Å². The smallest absolute Gasteiger partial charge is 0.325 e. The Labute approximate surface area is 162 Å². The van der Waals surface area contributed by atoms with Gasteiger partial charge in [-0.05, 0) is 43.4 Å². The minimum atomic E-state index is -1.33. The lowest BCUT2D eigenvalue weighted by Gasteiger charge is -2.42. The minimum Gasteiger partial charge on any atom is -0.468 e. The Morgan fingerprint density at radius 3 is 2.77 bits per heavy atom. The van der Waals surface area contributed by atoms with Crippen LogP contribution in [0, 0.1) is 0 Å². The Morgan fingerprint density at radius 1 is 1.19 bits per heavy atom. The number of methoxy groups -OCH3 is 1. The second-order valence-electron chi connectivity index (χ2n) is 6.89. The Morgan fingerprint density at radius 2 is 2.00 bits per heavy atom. The minimum absolute atomic E-state index is 0.0186. The fourth-order valence-corrected chi connectivity index (χ4v) is 4.92. The molecule has 0 aromatic heterocycles. The summed E-state index contributed by atoms with van der Waals surface area (Å²) >= 11 is 12.8. The van der Waals surface area contributed by atoms with Crippen LogP contribution in [0.25, 0.3) is 0 Å². The molecule has 4 nitrogen and oxygen atoms in total. The molecule has 1 fully saturated rings. The van der Waals surface area contributed by atoms with E-state index in [2.05, 4.69) is 4.90 Å². The van der Waals surface area contributed by atoms with Crippen molar-refractivity contribution in [1.29, 1.82) is 0 Å². The lowest BCUT2D eigenvalue weighted by atomic mass is 9.67. The summed E-state index contributed by atoms with van der Waals surface area (Å²) in [6.45, 7) is 0.873. The van der Waals surface area contributed by atoms with Gasteiger partial charge in [0.05, 0.1) is 17.2 Å². The van der Waals surface area contributed by atoms with Crippen LogP contribution in [-0.4, -0.2) is 30.3 Å². The van der Waals surface area contributed by atoms with Crippen molar-refractivity contribution in [3.8, 4) is 0 Å². The number of fused-ring (bicyclic) bond motifs is 2. The summed E-state index contributed by atoms with van der Waals surface area (Å²) in [6, 6.07) is 5.19. The number of rotatable bonds is 2. The van der Waals surface area contributed by atoms with E-state index in [0.717, 1.165) is 43.6 Å². The number of ketones is 1. The predicted octanol–water partition coefficient (Wildman–Crippen LogP) is 4.40. The van der Waals surface area contributed by atoms with Crippen LogP contribution in [0.15, 0.2) is 41.2 Å². The Balaban J connectivity index is 2.08. The summed E-state index contributed by atoms with van der Waals surface area (Å²) in [5.74, 6) is -0.515. The molecule has 1 atom stereocenters. The highest BCUT2D eigenvalue weighted by Gasteiger charge is 2.53. The highest BCUT2D eigenvalue weighted by Crippen LogP contribution is 2.51. The number of halogens is 2. The van der Waals surface area contributed by atoms with Gasteiger partial charge in [0.1, 0.15) is 5.41 Å². The maximum atomic E-state index is 13.2. The van der Waals surface area contributed by atoms with Gasteiger partial charge in [0.2, 0.25) is 0 Å². The van der Waals surface area contributed by atoms with Crippen LogP contribution >= 0.6 is 23.2 Å². The molecule has 0 saturated carbocycles. The summed E-state index contributed by atoms with van der Waals surface area (Å²) < 4.78 is 5.20. The van der Waals surface area contributed by atoms with Crippen molar-refractivity contribution in [2.24, 2.45) is 0 Å². The van der Waals surface area contributed by atoms with Gasteiger partial charge in [-0.2, -0.15) is 0 Å². The molecule has 0 radical (unpaired) electrons. The van der Waals surface area contributed by atoms with Crippen LogP contribution in [0.1, 0.15) is 37.7 Å². The molecular formula is C20H19Cl2NO3. The van der Waals surface area contributed by atoms with Crippen LogP contribution in [0.2, 0.25) is 10.0 Å². The highest BCUT2D eigenvalue weighted by atomic mass is 35.5. The number of carbonyl (C=O) groups is 2. The van der Waals surface area contributed by atoms with Gasteiger partial charge in [0.25, 0.3) is 0 Å². The Bertz CT molecular complexity index is 874. The molecule has 0 spiro atoms. The first kappa shape index (κ1) is 17.6. The molecule has 4 rings (SSSR count). The molecule has 26 heavy (non-hydrogen) atoms. The van der Waals surface area contributed by atoms with Crippen molar-refractivity contribution >= 4 is 35.0 Å². The van der Waals surface area contributed by atoms with Gasteiger partial charge in [-0.1, -0.05) is 35.3 Å². The van der Waals surface area contributed by atoms with Gasteiger partial charge in [0, 0.05) is 29.9 Å². The number of Topliss-reactive ketones (excluding diaryl/α,β-unsaturated/α-hetero) is 1. The Hall–Kier alpha value is -1.78. The number of benzene rings is 1. The van der Waals surface area contributed by atoms with Crippen molar-refractivity contribution in [2.45, 2.75) is 37.5 Å². The molecule has 1 aromatic rings. The predicted molar refractivity (Wildman–Crippen MR) is 100 cm³/mol. The van der Waals surface area contributed by atoms with Gasteiger partial charge in [-0.3, -0.25) is 9.59 Å².